The number of carbonyl (C=O) groups excluding carboxylic acids is 1. The molecular weight excluding hydrogens is 307 g/mol. The number of nitrogens with one attached hydrogen (secondary N) is 2. The number of halogens is 1. The molecular formula is C15H15FN2O3S. The van der Waals surface area contributed by atoms with Crippen LogP contribution in [0.2, 0.25) is 0 Å². The Bertz CT molecular complexity index is 774. The van der Waals surface area contributed by atoms with E-state index in [-0.39, 0.29) is 16.5 Å². The van der Waals surface area contributed by atoms with Gasteiger partial charge in [-0.2, -0.15) is 0 Å². The van der Waals surface area contributed by atoms with Crippen LogP contribution in [0.15, 0.2) is 53.4 Å². The molecule has 5 nitrogen and oxygen atoms in total. The van der Waals surface area contributed by atoms with Gasteiger partial charge in [-0.25, -0.2) is 12.8 Å². The van der Waals surface area contributed by atoms with Gasteiger partial charge in [-0.1, -0.05) is 24.3 Å². The normalized spacial score (nSPS) is 11.0. The monoisotopic (exact) mass is 322 g/mol. The number of benzene rings is 2. The van der Waals surface area contributed by atoms with Crippen LogP contribution in [-0.4, -0.2) is 14.3 Å². The number of amides is 1. The van der Waals surface area contributed by atoms with Crippen LogP contribution in [-0.2, 0) is 21.4 Å². The van der Waals surface area contributed by atoms with Crippen molar-refractivity contribution in [2.75, 3.05) is 4.72 Å². The van der Waals surface area contributed by atoms with E-state index in [2.05, 4.69) is 10.0 Å². The Morgan fingerprint density at radius 1 is 1.09 bits per heavy atom. The minimum atomic E-state index is -3.86. The molecule has 0 radical (unpaired) electrons. The second kappa shape index (κ2) is 6.57. The fraction of sp³-hybridized carbons (Fsp3) is 0.133. The molecule has 0 atom stereocenters. The summed E-state index contributed by atoms with van der Waals surface area (Å²) in [5.41, 5.74) is 0.657. The maximum absolute atomic E-state index is 13.5. The third-order valence-corrected chi connectivity index (χ3v) is 4.27. The highest BCUT2D eigenvalue weighted by atomic mass is 32.2. The molecule has 0 spiro atoms. The lowest BCUT2D eigenvalue weighted by Crippen LogP contribution is -2.19. The van der Waals surface area contributed by atoms with E-state index in [4.69, 9.17) is 0 Å². The molecule has 0 fully saturated rings. The molecule has 7 heteroatoms. The molecule has 2 aromatic carbocycles. The van der Waals surface area contributed by atoms with Crippen LogP contribution in [0.4, 0.5) is 10.1 Å². The lowest BCUT2D eigenvalue weighted by Gasteiger charge is -2.09. The average molecular weight is 322 g/mol. The molecule has 2 rings (SSSR count). The summed E-state index contributed by atoms with van der Waals surface area (Å²) in [6, 6.07) is 11.5. The van der Waals surface area contributed by atoms with Gasteiger partial charge < -0.3 is 5.32 Å². The quantitative estimate of drug-likeness (QED) is 0.886. The first-order chi connectivity index (χ1) is 10.4. The summed E-state index contributed by atoms with van der Waals surface area (Å²) in [7, 11) is -3.86. The fourth-order valence-corrected chi connectivity index (χ4v) is 2.83. The number of carbonyl (C=O) groups is 1. The molecule has 0 aliphatic rings. The van der Waals surface area contributed by atoms with Gasteiger partial charge in [-0.05, 0) is 29.8 Å². The molecule has 2 N–H and O–H groups in total. The minimum Gasteiger partial charge on any atom is -0.352 e. The maximum Gasteiger partial charge on any atom is 0.261 e. The first-order valence-electron chi connectivity index (χ1n) is 6.49. The van der Waals surface area contributed by atoms with Crippen molar-refractivity contribution in [1.82, 2.24) is 5.32 Å². The molecule has 0 bridgehead atoms. The Morgan fingerprint density at radius 2 is 1.73 bits per heavy atom. The van der Waals surface area contributed by atoms with Crippen LogP contribution in [0.25, 0.3) is 0 Å². The van der Waals surface area contributed by atoms with E-state index in [1.807, 2.05) is 0 Å². The highest BCUT2D eigenvalue weighted by molar-refractivity contribution is 7.92. The van der Waals surface area contributed by atoms with Gasteiger partial charge in [0.15, 0.2) is 0 Å². The summed E-state index contributed by atoms with van der Waals surface area (Å²) in [5, 5.41) is 2.61. The predicted octanol–water partition coefficient (Wildman–Crippen LogP) is 2.26. The summed E-state index contributed by atoms with van der Waals surface area (Å²) >= 11 is 0. The Kier molecular flexibility index (Phi) is 4.77. The number of para-hydroxylation sites is 1. The SMILES string of the molecule is CC(=O)NCc1ccc(S(=O)(=O)Nc2ccccc2F)cc1. The summed E-state index contributed by atoms with van der Waals surface area (Å²) in [4.78, 5) is 10.8. The summed E-state index contributed by atoms with van der Waals surface area (Å²) in [5.74, 6) is -0.814. The highest BCUT2D eigenvalue weighted by Crippen LogP contribution is 2.19. The Balaban J connectivity index is 2.16. The van der Waals surface area contributed by atoms with Gasteiger partial charge in [-0.3, -0.25) is 9.52 Å². The molecule has 0 aliphatic heterocycles. The molecule has 0 aliphatic carbocycles. The van der Waals surface area contributed by atoms with Crippen LogP contribution < -0.4 is 10.0 Å². The third-order valence-electron chi connectivity index (χ3n) is 2.89. The predicted molar refractivity (Wildman–Crippen MR) is 81.2 cm³/mol. The first-order valence-corrected chi connectivity index (χ1v) is 7.97. The van der Waals surface area contributed by atoms with Crippen molar-refractivity contribution in [3.63, 3.8) is 0 Å². The second-order valence-corrected chi connectivity index (χ2v) is 6.32. The molecule has 22 heavy (non-hydrogen) atoms. The summed E-state index contributed by atoms with van der Waals surface area (Å²) in [6.07, 6.45) is 0. The zero-order valence-corrected chi connectivity index (χ0v) is 12.7. The van der Waals surface area contributed by atoms with Gasteiger partial charge in [0.25, 0.3) is 10.0 Å². The topological polar surface area (TPSA) is 75.3 Å². The molecule has 1 amide bonds. The molecule has 0 saturated carbocycles. The van der Waals surface area contributed by atoms with Gasteiger partial charge in [0, 0.05) is 13.5 Å². The van der Waals surface area contributed by atoms with E-state index in [9.17, 15) is 17.6 Å². The van der Waals surface area contributed by atoms with Gasteiger partial charge in [0.05, 0.1) is 10.6 Å². The van der Waals surface area contributed by atoms with Crippen LogP contribution in [0.1, 0.15) is 12.5 Å². The fourth-order valence-electron chi connectivity index (χ4n) is 1.76. The van der Waals surface area contributed by atoms with E-state index in [0.717, 1.165) is 5.56 Å². The zero-order chi connectivity index (χ0) is 16.2. The van der Waals surface area contributed by atoms with Crippen molar-refractivity contribution in [3.8, 4) is 0 Å². The lowest BCUT2D eigenvalue weighted by atomic mass is 10.2. The Labute approximate surface area is 128 Å². The van der Waals surface area contributed by atoms with E-state index < -0.39 is 15.8 Å². The largest absolute Gasteiger partial charge is 0.352 e. The van der Waals surface area contributed by atoms with Gasteiger partial charge >= 0.3 is 0 Å². The molecule has 0 unspecified atom stereocenters. The van der Waals surface area contributed by atoms with E-state index in [1.54, 1.807) is 12.1 Å². The maximum atomic E-state index is 13.5. The number of rotatable bonds is 5. The van der Waals surface area contributed by atoms with Crippen molar-refractivity contribution in [2.45, 2.75) is 18.4 Å². The van der Waals surface area contributed by atoms with Gasteiger partial charge in [-0.15, -0.1) is 0 Å². The first kappa shape index (κ1) is 16.0. The smallest absolute Gasteiger partial charge is 0.261 e. The number of hydrogen-bond donors (Lipinski definition) is 2. The van der Waals surface area contributed by atoms with Crippen LogP contribution in [0.3, 0.4) is 0 Å². The highest BCUT2D eigenvalue weighted by Gasteiger charge is 2.15. The van der Waals surface area contributed by atoms with E-state index in [0.29, 0.717) is 6.54 Å². The number of sulfonamides is 1. The van der Waals surface area contributed by atoms with E-state index >= 15 is 0 Å². The second-order valence-electron chi connectivity index (χ2n) is 4.64. The Hall–Kier alpha value is -2.41. The molecule has 0 saturated heterocycles. The minimum absolute atomic E-state index is 0.0160. The van der Waals surface area contributed by atoms with Crippen molar-refractivity contribution in [2.24, 2.45) is 0 Å². The lowest BCUT2D eigenvalue weighted by molar-refractivity contribution is -0.119. The summed E-state index contributed by atoms with van der Waals surface area (Å²) in [6.45, 7) is 1.72. The number of hydrogen-bond acceptors (Lipinski definition) is 3. The van der Waals surface area contributed by atoms with Crippen LogP contribution in [0.5, 0.6) is 0 Å². The molecule has 0 aromatic heterocycles. The van der Waals surface area contributed by atoms with Crippen molar-refractivity contribution in [3.05, 3.63) is 59.9 Å². The van der Waals surface area contributed by atoms with Crippen molar-refractivity contribution >= 4 is 21.6 Å². The third kappa shape index (κ3) is 4.05. The van der Waals surface area contributed by atoms with Gasteiger partial charge in [0.2, 0.25) is 5.91 Å². The standard InChI is InChI=1S/C15H15FN2O3S/c1-11(19)17-10-12-6-8-13(9-7-12)22(20,21)18-15-5-3-2-4-14(15)16/h2-9,18H,10H2,1H3,(H,17,19). The van der Waals surface area contributed by atoms with Gasteiger partial charge in [0.1, 0.15) is 5.82 Å². The molecule has 0 heterocycles. The average Bonchev–Trinajstić information content (AvgIpc) is 2.48. The van der Waals surface area contributed by atoms with Crippen molar-refractivity contribution in [1.29, 1.82) is 0 Å². The van der Waals surface area contributed by atoms with E-state index in [1.165, 1.54) is 43.3 Å². The van der Waals surface area contributed by atoms with Crippen LogP contribution in [0, 0.1) is 5.82 Å². The number of anilines is 1. The Morgan fingerprint density at radius 3 is 2.32 bits per heavy atom. The summed E-state index contributed by atoms with van der Waals surface area (Å²) < 4.78 is 40.1. The zero-order valence-electron chi connectivity index (χ0n) is 11.8. The molecule has 116 valence electrons. The molecule has 2 aromatic rings. The van der Waals surface area contributed by atoms with Crippen molar-refractivity contribution < 1.29 is 17.6 Å². The van der Waals surface area contributed by atoms with Crippen LogP contribution >= 0.6 is 0 Å².